The van der Waals surface area contributed by atoms with Crippen molar-refractivity contribution in [3.8, 4) is 11.3 Å². The van der Waals surface area contributed by atoms with Crippen LogP contribution in [0.4, 0.5) is 0 Å². The molecule has 0 spiro atoms. The fourth-order valence-electron chi connectivity index (χ4n) is 2.80. The molecular weight excluding hydrogens is 248 g/mol. The summed E-state index contributed by atoms with van der Waals surface area (Å²) >= 11 is 0. The molecule has 1 amide bonds. The molecule has 3 rings (SSSR count). The monoisotopic (exact) mass is 266 g/mol. The molecule has 2 heterocycles. The third-order valence-electron chi connectivity index (χ3n) is 3.89. The number of carbonyl (C=O) groups is 1. The maximum Gasteiger partial charge on any atom is 0.255 e. The second kappa shape index (κ2) is 5.08. The zero-order valence-electron chi connectivity index (χ0n) is 11.9. The third-order valence-corrected chi connectivity index (χ3v) is 3.89. The largest absolute Gasteiger partial charge is 0.339 e. The number of hydrogen-bond donors (Lipinski definition) is 0. The summed E-state index contributed by atoms with van der Waals surface area (Å²) in [5, 5.41) is 0. The summed E-state index contributed by atoms with van der Waals surface area (Å²) in [6.07, 6.45) is 0.915. The lowest BCUT2D eigenvalue weighted by molar-refractivity contribution is 0.0747. The average molecular weight is 266 g/mol. The molecule has 3 nitrogen and oxygen atoms in total. The summed E-state index contributed by atoms with van der Waals surface area (Å²) in [5.41, 5.74) is 4.83. The first kappa shape index (κ1) is 12.9. The lowest BCUT2D eigenvalue weighted by Gasteiger charge is -2.28. The molecule has 1 aromatic heterocycles. The van der Waals surface area contributed by atoms with Gasteiger partial charge in [-0.1, -0.05) is 30.3 Å². The van der Waals surface area contributed by atoms with Gasteiger partial charge in [0.15, 0.2) is 0 Å². The van der Waals surface area contributed by atoms with Gasteiger partial charge < -0.3 is 4.90 Å². The van der Waals surface area contributed by atoms with Crippen molar-refractivity contribution in [1.82, 2.24) is 9.88 Å². The van der Waals surface area contributed by atoms with Gasteiger partial charge in [-0.25, -0.2) is 0 Å². The van der Waals surface area contributed by atoms with Crippen molar-refractivity contribution in [2.45, 2.75) is 20.3 Å². The predicted molar refractivity (Wildman–Crippen MR) is 79.7 cm³/mol. The molecule has 3 heteroatoms. The molecule has 0 radical (unpaired) electrons. The fourth-order valence-corrected chi connectivity index (χ4v) is 2.80. The minimum Gasteiger partial charge on any atom is -0.339 e. The van der Waals surface area contributed by atoms with Crippen LogP contribution in [-0.2, 0) is 6.42 Å². The van der Waals surface area contributed by atoms with Gasteiger partial charge in [0.05, 0.1) is 17.0 Å². The zero-order valence-corrected chi connectivity index (χ0v) is 11.9. The molecule has 1 aromatic carbocycles. The van der Waals surface area contributed by atoms with E-state index in [1.165, 1.54) is 0 Å². The van der Waals surface area contributed by atoms with E-state index in [1.54, 1.807) is 0 Å². The zero-order chi connectivity index (χ0) is 14.1. The van der Waals surface area contributed by atoms with E-state index in [1.807, 2.05) is 36.9 Å². The molecule has 0 unspecified atom stereocenters. The van der Waals surface area contributed by atoms with Crippen LogP contribution in [0.2, 0.25) is 0 Å². The first-order valence-electron chi connectivity index (χ1n) is 7.06. The van der Waals surface area contributed by atoms with E-state index in [0.717, 1.165) is 47.6 Å². The summed E-state index contributed by atoms with van der Waals surface area (Å²) in [6.45, 7) is 5.52. The molecule has 0 bridgehead atoms. The minimum absolute atomic E-state index is 0.123. The van der Waals surface area contributed by atoms with Gasteiger partial charge in [-0.2, -0.15) is 0 Å². The molecule has 2 aromatic rings. The van der Waals surface area contributed by atoms with Crippen molar-refractivity contribution < 1.29 is 4.79 Å². The Balaban J connectivity index is 2.09. The summed E-state index contributed by atoms with van der Waals surface area (Å²) < 4.78 is 0. The van der Waals surface area contributed by atoms with E-state index in [-0.39, 0.29) is 5.91 Å². The van der Waals surface area contributed by atoms with Crippen LogP contribution < -0.4 is 0 Å². The second-order valence-electron chi connectivity index (χ2n) is 5.13. The first-order valence-corrected chi connectivity index (χ1v) is 7.06. The van der Waals surface area contributed by atoms with E-state index < -0.39 is 0 Å². The summed E-state index contributed by atoms with van der Waals surface area (Å²) in [5.74, 6) is 0.123. The Morgan fingerprint density at radius 2 is 2.00 bits per heavy atom. The van der Waals surface area contributed by atoms with Gasteiger partial charge in [-0.05, 0) is 31.9 Å². The Kier molecular flexibility index (Phi) is 3.26. The van der Waals surface area contributed by atoms with Gasteiger partial charge in [0.25, 0.3) is 5.91 Å². The van der Waals surface area contributed by atoms with Crippen molar-refractivity contribution in [2.75, 3.05) is 13.1 Å². The van der Waals surface area contributed by atoms with Crippen LogP contribution in [0, 0.1) is 6.92 Å². The van der Waals surface area contributed by atoms with Crippen LogP contribution >= 0.6 is 0 Å². The number of fused-ring (bicyclic) bond motifs is 1. The van der Waals surface area contributed by atoms with Crippen molar-refractivity contribution in [1.29, 1.82) is 0 Å². The number of hydrogen-bond acceptors (Lipinski definition) is 2. The van der Waals surface area contributed by atoms with Crippen LogP contribution in [0.1, 0.15) is 28.5 Å². The molecule has 0 atom stereocenters. The average Bonchev–Trinajstić information content (AvgIpc) is 2.48. The highest BCUT2D eigenvalue weighted by Crippen LogP contribution is 2.26. The molecule has 0 N–H and O–H groups in total. The van der Waals surface area contributed by atoms with Gasteiger partial charge in [-0.15, -0.1) is 0 Å². The summed E-state index contributed by atoms with van der Waals surface area (Å²) in [7, 11) is 0. The van der Waals surface area contributed by atoms with Crippen molar-refractivity contribution in [3.63, 3.8) is 0 Å². The van der Waals surface area contributed by atoms with Crippen LogP contribution in [0.25, 0.3) is 11.3 Å². The SMILES string of the molecule is CCN1CCc2cc(-c3ccccc3)nc(C)c2C1=O. The van der Waals surface area contributed by atoms with E-state index in [0.29, 0.717) is 0 Å². The maximum atomic E-state index is 12.4. The highest BCUT2D eigenvalue weighted by Gasteiger charge is 2.26. The first-order chi connectivity index (χ1) is 9.70. The Labute approximate surface area is 119 Å². The van der Waals surface area contributed by atoms with Gasteiger partial charge >= 0.3 is 0 Å². The number of pyridine rings is 1. The normalized spacial score (nSPS) is 14.3. The second-order valence-corrected chi connectivity index (χ2v) is 5.13. The molecule has 0 saturated heterocycles. The molecular formula is C17H18N2O. The van der Waals surface area contributed by atoms with Crippen LogP contribution in [-0.4, -0.2) is 28.9 Å². The lowest BCUT2D eigenvalue weighted by Crippen LogP contribution is -2.38. The van der Waals surface area contributed by atoms with Gasteiger partial charge in [-0.3, -0.25) is 9.78 Å². The smallest absolute Gasteiger partial charge is 0.255 e. The Hall–Kier alpha value is -2.16. The number of likely N-dealkylation sites (N-methyl/N-ethyl adjacent to an activating group) is 1. The van der Waals surface area contributed by atoms with Crippen LogP contribution in [0.15, 0.2) is 36.4 Å². The van der Waals surface area contributed by atoms with Gasteiger partial charge in [0, 0.05) is 18.7 Å². The number of benzene rings is 1. The van der Waals surface area contributed by atoms with E-state index in [9.17, 15) is 4.79 Å². The van der Waals surface area contributed by atoms with Crippen molar-refractivity contribution >= 4 is 5.91 Å². The molecule has 1 aliphatic rings. The van der Waals surface area contributed by atoms with Crippen molar-refractivity contribution in [2.24, 2.45) is 0 Å². The summed E-state index contributed by atoms with van der Waals surface area (Å²) in [4.78, 5) is 18.9. The molecule has 20 heavy (non-hydrogen) atoms. The summed E-state index contributed by atoms with van der Waals surface area (Å²) in [6, 6.07) is 12.2. The number of nitrogens with zero attached hydrogens (tertiary/aromatic N) is 2. The number of amides is 1. The lowest BCUT2D eigenvalue weighted by atomic mass is 9.96. The third kappa shape index (κ3) is 2.09. The van der Waals surface area contributed by atoms with Crippen molar-refractivity contribution in [3.05, 3.63) is 53.2 Å². The minimum atomic E-state index is 0.123. The highest BCUT2D eigenvalue weighted by atomic mass is 16.2. The van der Waals surface area contributed by atoms with E-state index in [2.05, 4.69) is 23.2 Å². The Morgan fingerprint density at radius 3 is 2.70 bits per heavy atom. The van der Waals surface area contributed by atoms with Crippen LogP contribution in [0.3, 0.4) is 0 Å². The quantitative estimate of drug-likeness (QED) is 0.837. The number of rotatable bonds is 2. The molecule has 102 valence electrons. The predicted octanol–water partition coefficient (Wildman–Crippen LogP) is 3.08. The number of carbonyl (C=O) groups excluding carboxylic acids is 1. The molecule has 1 aliphatic heterocycles. The van der Waals surface area contributed by atoms with Gasteiger partial charge in [0.2, 0.25) is 0 Å². The van der Waals surface area contributed by atoms with Gasteiger partial charge in [0.1, 0.15) is 0 Å². The Morgan fingerprint density at radius 1 is 1.25 bits per heavy atom. The fraction of sp³-hybridized carbons (Fsp3) is 0.294. The molecule has 0 fully saturated rings. The molecule has 0 saturated carbocycles. The van der Waals surface area contributed by atoms with E-state index in [4.69, 9.17) is 0 Å². The number of aromatic nitrogens is 1. The number of aryl methyl sites for hydroxylation is 1. The standard InChI is InChI=1S/C17H18N2O/c1-3-19-10-9-14-11-15(13-7-5-4-6-8-13)18-12(2)16(14)17(19)20/h4-8,11H,3,9-10H2,1-2H3. The molecule has 0 aliphatic carbocycles. The van der Waals surface area contributed by atoms with E-state index >= 15 is 0 Å². The Bertz CT molecular complexity index is 650. The maximum absolute atomic E-state index is 12.4. The topological polar surface area (TPSA) is 33.2 Å². The highest BCUT2D eigenvalue weighted by molar-refractivity contribution is 5.98. The van der Waals surface area contributed by atoms with Crippen LogP contribution in [0.5, 0.6) is 0 Å².